The van der Waals surface area contributed by atoms with Gasteiger partial charge >= 0.3 is 0 Å². The maximum Gasteiger partial charge on any atom is 0.226 e. The number of nitriles is 1. The van der Waals surface area contributed by atoms with Crippen LogP contribution in [0.1, 0.15) is 79.4 Å². The van der Waals surface area contributed by atoms with Gasteiger partial charge in [-0.05, 0) is 84.5 Å². The van der Waals surface area contributed by atoms with Gasteiger partial charge in [0.05, 0.1) is 12.1 Å². The summed E-state index contributed by atoms with van der Waals surface area (Å²) in [6, 6.07) is 24.0. The molecule has 2 amide bonds. The zero-order valence-corrected chi connectivity index (χ0v) is 38.8. The third-order valence-electron chi connectivity index (χ3n) is 11.9. The Bertz CT molecular complexity index is 2390. The number of Topliss-reactive ketones (excluding diaryl/α,β-unsaturated/α-hetero) is 3. The first-order valence-corrected chi connectivity index (χ1v) is 22.9. The van der Waals surface area contributed by atoms with Gasteiger partial charge in [0.25, 0.3) is 0 Å². The molecular weight excluding hydrogens is 876 g/mol. The molecule has 6 atom stereocenters. The number of unbranched alkanes of at least 4 members (excludes halogenated alkanes) is 1. The van der Waals surface area contributed by atoms with Crippen molar-refractivity contribution in [1.29, 1.82) is 5.26 Å². The number of nitrogens with one attached hydrogen (secondary N) is 1. The molecule has 15 nitrogen and oxygen atoms in total. The van der Waals surface area contributed by atoms with Crippen molar-refractivity contribution < 1.29 is 43.7 Å². The molecular formula is C51H61ClN6O9. The first kappa shape index (κ1) is 52.0. The third-order valence-corrected chi connectivity index (χ3v) is 12.1. The van der Waals surface area contributed by atoms with E-state index in [2.05, 4.69) is 5.32 Å². The minimum absolute atomic E-state index is 0.0216. The van der Waals surface area contributed by atoms with Crippen molar-refractivity contribution in [3.8, 4) is 39.8 Å². The van der Waals surface area contributed by atoms with E-state index >= 15 is 0 Å². The zero-order valence-electron chi connectivity index (χ0n) is 38.0. The number of likely N-dealkylation sites (N-methyl/N-ethyl adjacent to an activating group) is 1. The molecule has 1 heterocycles. The number of carbonyl (C=O) groups excluding carboxylic acids is 5. The standard InChI is InChI=1S/C51H61ClN6O9/c1-31-22-46(63)49(58(2)51(65)37(6-3-4-20-53)26-45(62)35-11-9-33(10-12-35)34-13-16-38(52)17-14-34)36-15-19-48(67-30-40(60)28-56)42(25-36)41-23-32(8-18-47(41)66-29-39(59)27-55)24-43(57-50(31)64)44(61)7-5-21-54/h8-19,23,25,31,37,39-40,43,49,59-60H,3-7,20,22,24,26-30,53,55-56H2,1-2H3,(H,57,64)/t31-,37-,39?,40?,43+,49+/m1/s1. The van der Waals surface area contributed by atoms with E-state index in [1.165, 1.54) is 11.9 Å². The molecule has 4 bridgehead atoms. The third kappa shape index (κ3) is 14.3. The van der Waals surface area contributed by atoms with Gasteiger partial charge in [-0.1, -0.05) is 73.5 Å². The Morgan fingerprint density at radius 2 is 1.45 bits per heavy atom. The van der Waals surface area contributed by atoms with E-state index in [0.717, 1.165) is 11.1 Å². The smallest absolute Gasteiger partial charge is 0.226 e. The van der Waals surface area contributed by atoms with E-state index in [9.17, 15) is 39.4 Å². The molecule has 0 aliphatic carbocycles. The number of amides is 2. The average Bonchev–Trinajstić information content (AvgIpc) is 3.33. The van der Waals surface area contributed by atoms with E-state index < -0.39 is 53.7 Å². The quantitative estimate of drug-likeness (QED) is 0.0470. The van der Waals surface area contributed by atoms with Crippen molar-refractivity contribution in [3.05, 3.63) is 107 Å². The Morgan fingerprint density at radius 3 is 2.04 bits per heavy atom. The van der Waals surface area contributed by atoms with Crippen molar-refractivity contribution in [3.63, 3.8) is 0 Å². The fourth-order valence-corrected chi connectivity index (χ4v) is 8.10. The largest absolute Gasteiger partial charge is 0.490 e. The highest BCUT2D eigenvalue weighted by Crippen LogP contribution is 2.41. The topological polar surface area (TPSA) is 261 Å². The number of ketones is 3. The molecule has 1 aliphatic heterocycles. The van der Waals surface area contributed by atoms with Gasteiger partial charge in [-0.25, -0.2) is 0 Å². The van der Waals surface area contributed by atoms with Crippen LogP contribution in [0.15, 0.2) is 84.9 Å². The number of benzene rings is 4. The number of halogens is 1. The molecule has 0 saturated heterocycles. The molecule has 2 unspecified atom stereocenters. The summed E-state index contributed by atoms with van der Waals surface area (Å²) in [5, 5.41) is 33.5. The molecule has 0 spiro atoms. The molecule has 0 radical (unpaired) electrons. The Hall–Kier alpha value is -5.99. The molecule has 9 N–H and O–H groups in total. The van der Waals surface area contributed by atoms with E-state index in [4.69, 9.17) is 38.3 Å². The van der Waals surface area contributed by atoms with Crippen molar-refractivity contribution in [2.24, 2.45) is 29.0 Å². The summed E-state index contributed by atoms with van der Waals surface area (Å²) in [5.74, 6) is -3.48. The highest BCUT2D eigenvalue weighted by atomic mass is 35.5. The second-order valence-electron chi connectivity index (χ2n) is 17.0. The Kier molecular flexibility index (Phi) is 19.6. The number of aliphatic hydroxyl groups is 2. The number of carbonyl (C=O) groups is 5. The van der Waals surface area contributed by atoms with E-state index in [0.29, 0.717) is 58.6 Å². The van der Waals surface area contributed by atoms with Crippen LogP contribution in [0.3, 0.4) is 0 Å². The van der Waals surface area contributed by atoms with Crippen LogP contribution in [0.5, 0.6) is 11.5 Å². The van der Waals surface area contributed by atoms with Crippen LogP contribution in [0.25, 0.3) is 22.3 Å². The molecule has 0 fully saturated rings. The summed E-state index contributed by atoms with van der Waals surface area (Å²) in [6.45, 7) is 1.37. The maximum absolute atomic E-state index is 14.9. The highest BCUT2D eigenvalue weighted by molar-refractivity contribution is 6.30. The van der Waals surface area contributed by atoms with Gasteiger partial charge in [0.1, 0.15) is 43.0 Å². The lowest BCUT2D eigenvalue weighted by molar-refractivity contribution is -0.142. The maximum atomic E-state index is 14.9. The van der Waals surface area contributed by atoms with Crippen LogP contribution in [0.2, 0.25) is 5.02 Å². The predicted octanol–water partition coefficient (Wildman–Crippen LogP) is 5.10. The number of nitrogens with two attached hydrogens (primary N) is 3. The minimum atomic E-state index is -1.29. The number of hydrogen-bond acceptors (Lipinski definition) is 13. The predicted molar refractivity (Wildman–Crippen MR) is 255 cm³/mol. The molecule has 4 aromatic carbocycles. The first-order chi connectivity index (χ1) is 32.2. The normalized spacial score (nSPS) is 17.5. The fourth-order valence-electron chi connectivity index (χ4n) is 7.98. The Morgan fingerprint density at radius 1 is 0.851 bits per heavy atom. The van der Waals surface area contributed by atoms with Crippen molar-refractivity contribution in [2.45, 2.75) is 82.6 Å². The molecule has 16 heteroatoms. The number of aliphatic hydroxyl groups excluding tert-OH is 2. The van der Waals surface area contributed by atoms with E-state index in [-0.39, 0.29) is 81.5 Å². The number of fused-ring (bicyclic) bond motifs is 5. The SMILES string of the molecule is C[C@@H]1CC(=O)[C@@H](N(C)C(=O)[C@H](CCCCN)CC(=O)c2ccc(-c3ccc(Cl)cc3)cc2)c2ccc(OCC(O)CN)c(c2)-c2cc(ccc2OCC(O)CN)C[C@@H](C(=O)CCC#N)NC1=O. The van der Waals surface area contributed by atoms with Gasteiger partial charge in [0.2, 0.25) is 11.8 Å². The lowest BCUT2D eigenvalue weighted by Gasteiger charge is -2.32. The van der Waals surface area contributed by atoms with Crippen molar-refractivity contribution >= 4 is 40.8 Å². The van der Waals surface area contributed by atoms with Crippen LogP contribution in [-0.2, 0) is 25.6 Å². The molecule has 5 rings (SSSR count). The van der Waals surface area contributed by atoms with Gasteiger partial charge in [-0.15, -0.1) is 0 Å². The van der Waals surface area contributed by atoms with Gasteiger partial charge < -0.3 is 47.1 Å². The summed E-state index contributed by atoms with van der Waals surface area (Å²) < 4.78 is 12.3. The van der Waals surface area contributed by atoms with Crippen LogP contribution in [0, 0.1) is 23.2 Å². The summed E-state index contributed by atoms with van der Waals surface area (Å²) in [7, 11) is 1.50. The summed E-state index contributed by atoms with van der Waals surface area (Å²) >= 11 is 6.08. The summed E-state index contributed by atoms with van der Waals surface area (Å²) in [6.07, 6.45) is -1.27. The lowest BCUT2D eigenvalue weighted by atomic mass is 9.87. The summed E-state index contributed by atoms with van der Waals surface area (Å²) in [5.41, 5.74) is 21.2. The van der Waals surface area contributed by atoms with Crippen LogP contribution in [0.4, 0.5) is 0 Å². The highest BCUT2D eigenvalue weighted by Gasteiger charge is 2.36. The second-order valence-corrected chi connectivity index (χ2v) is 17.4. The summed E-state index contributed by atoms with van der Waals surface area (Å²) in [4.78, 5) is 72.5. The fraction of sp³-hybridized carbons (Fsp3) is 0.412. The van der Waals surface area contributed by atoms with Gasteiger partial charge in [0, 0.05) is 79.4 Å². The first-order valence-electron chi connectivity index (χ1n) is 22.6. The van der Waals surface area contributed by atoms with Gasteiger partial charge in [-0.2, -0.15) is 5.26 Å². The zero-order chi connectivity index (χ0) is 48.6. The van der Waals surface area contributed by atoms with E-state index in [1.54, 1.807) is 67.6 Å². The molecule has 0 saturated carbocycles. The van der Waals surface area contributed by atoms with Crippen LogP contribution in [-0.4, -0.2) is 102 Å². The molecule has 1 aliphatic rings. The number of ether oxygens (including phenoxy) is 2. The molecule has 4 aromatic rings. The average molecular weight is 938 g/mol. The Balaban J connectivity index is 1.62. The minimum Gasteiger partial charge on any atom is -0.490 e. The molecule has 67 heavy (non-hydrogen) atoms. The van der Waals surface area contributed by atoms with Crippen LogP contribution < -0.4 is 32.0 Å². The Labute approximate surface area is 396 Å². The van der Waals surface area contributed by atoms with Crippen molar-refractivity contribution in [1.82, 2.24) is 10.2 Å². The van der Waals surface area contributed by atoms with Crippen molar-refractivity contribution in [2.75, 3.05) is 39.9 Å². The van der Waals surface area contributed by atoms with Crippen LogP contribution >= 0.6 is 11.6 Å². The lowest BCUT2D eigenvalue weighted by Crippen LogP contribution is -2.45. The number of nitrogens with zero attached hydrogens (tertiary/aromatic N) is 2. The van der Waals surface area contributed by atoms with Gasteiger partial charge in [0.15, 0.2) is 17.3 Å². The van der Waals surface area contributed by atoms with Gasteiger partial charge in [-0.3, -0.25) is 24.0 Å². The monoisotopic (exact) mass is 936 g/mol. The van der Waals surface area contributed by atoms with E-state index in [1.807, 2.05) is 30.3 Å². The number of rotatable bonds is 21. The number of hydrogen-bond donors (Lipinski definition) is 6. The second kappa shape index (κ2) is 25.2. The molecule has 0 aromatic heterocycles. The molecule has 356 valence electrons.